The average molecular weight is 300 g/mol. The summed E-state index contributed by atoms with van der Waals surface area (Å²) in [4.78, 5) is 19.6. The molecule has 1 aromatic carbocycles. The van der Waals surface area contributed by atoms with Crippen LogP contribution in [0.1, 0.15) is 40.8 Å². The van der Waals surface area contributed by atoms with Gasteiger partial charge in [0, 0.05) is 12.6 Å². The van der Waals surface area contributed by atoms with Crippen LogP contribution in [0.3, 0.4) is 0 Å². The van der Waals surface area contributed by atoms with E-state index in [4.69, 9.17) is 9.84 Å². The third-order valence-electron chi connectivity index (χ3n) is 3.22. The smallest absolute Gasteiger partial charge is 0.339 e. The number of nitrogens with zero attached hydrogens (tertiary/aromatic N) is 2. The second-order valence-electron chi connectivity index (χ2n) is 4.99. The monoisotopic (exact) mass is 300 g/mol. The van der Waals surface area contributed by atoms with Gasteiger partial charge in [0.15, 0.2) is 0 Å². The highest BCUT2D eigenvalue weighted by Crippen LogP contribution is 2.09. The number of ether oxygens (including phenoxy) is 1. The highest BCUT2D eigenvalue weighted by molar-refractivity contribution is 5.88. The van der Waals surface area contributed by atoms with E-state index < -0.39 is 5.97 Å². The lowest BCUT2D eigenvalue weighted by Crippen LogP contribution is -2.10. The van der Waals surface area contributed by atoms with E-state index in [9.17, 15) is 4.79 Å². The molecule has 0 unspecified atom stereocenters. The van der Waals surface area contributed by atoms with Crippen LogP contribution < -0.4 is 0 Å². The molecule has 0 aliphatic carbocycles. The van der Waals surface area contributed by atoms with Gasteiger partial charge in [-0.15, -0.1) is 0 Å². The zero-order chi connectivity index (χ0) is 15.8. The highest BCUT2D eigenvalue weighted by Gasteiger charge is 2.12. The number of aryl methyl sites for hydroxylation is 1. The van der Waals surface area contributed by atoms with Crippen molar-refractivity contribution < 1.29 is 14.6 Å². The van der Waals surface area contributed by atoms with E-state index in [1.807, 2.05) is 37.3 Å². The second kappa shape index (κ2) is 8.24. The molecule has 1 aromatic heterocycles. The number of aromatic nitrogens is 2. The van der Waals surface area contributed by atoms with Crippen LogP contribution in [-0.2, 0) is 24.2 Å². The minimum atomic E-state index is -0.977. The standard InChI is InChI=1S/C17H20N2O3/c1-2-6-15-14(17(20)21)11-18-16(19-15)9-10-22-12-13-7-4-3-5-8-13/h3-5,7-8,11H,2,6,9-10,12H2,1H3,(H,20,21). The maximum absolute atomic E-state index is 11.1. The van der Waals surface area contributed by atoms with Gasteiger partial charge in [-0.1, -0.05) is 43.7 Å². The number of hydrogen-bond acceptors (Lipinski definition) is 4. The number of carboxylic acids is 1. The molecule has 0 amide bonds. The van der Waals surface area contributed by atoms with Crippen molar-refractivity contribution in [1.82, 2.24) is 9.97 Å². The largest absolute Gasteiger partial charge is 0.478 e. The van der Waals surface area contributed by atoms with E-state index in [1.165, 1.54) is 6.20 Å². The fourth-order valence-electron chi connectivity index (χ4n) is 2.11. The minimum absolute atomic E-state index is 0.191. The normalized spacial score (nSPS) is 10.6. The van der Waals surface area contributed by atoms with Gasteiger partial charge in [0.25, 0.3) is 0 Å². The quantitative estimate of drug-likeness (QED) is 0.759. The summed E-state index contributed by atoms with van der Waals surface area (Å²) in [6.07, 6.45) is 3.46. The van der Waals surface area contributed by atoms with Gasteiger partial charge in [-0.2, -0.15) is 0 Å². The molecular formula is C17H20N2O3. The molecule has 1 heterocycles. The van der Waals surface area contributed by atoms with Crippen LogP contribution in [-0.4, -0.2) is 27.7 Å². The lowest BCUT2D eigenvalue weighted by atomic mass is 10.1. The van der Waals surface area contributed by atoms with Gasteiger partial charge in [-0.05, 0) is 12.0 Å². The summed E-state index contributed by atoms with van der Waals surface area (Å²) in [5.41, 5.74) is 1.91. The average Bonchev–Trinajstić information content (AvgIpc) is 2.53. The summed E-state index contributed by atoms with van der Waals surface area (Å²) in [5, 5.41) is 9.12. The molecule has 0 aliphatic rings. The Morgan fingerprint density at radius 3 is 2.68 bits per heavy atom. The van der Waals surface area contributed by atoms with Gasteiger partial charge in [0.05, 0.1) is 24.5 Å². The first kappa shape index (κ1) is 16.1. The first-order chi connectivity index (χ1) is 10.7. The molecule has 0 atom stereocenters. The molecule has 116 valence electrons. The molecule has 2 aromatic rings. The van der Waals surface area contributed by atoms with Crippen LogP contribution >= 0.6 is 0 Å². The molecular weight excluding hydrogens is 280 g/mol. The molecule has 0 fully saturated rings. The maximum Gasteiger partial charge on any atom is 0.339 e. The molecule has 0 bridgehead atoms. The van der Waals surface area contributed by atoms with Crippen molar-refractivity contribution in [2.45, 2.75) is 32.8 Å². The Labute approximate surface area is 130 Å². The number of benzene rings is 1. The Kier molecular flexibility index (Phi) is 6.03. The van der Waals surface area contributed by atoms with E-state index in [0.717, 1.165) is 12.0 Å². The summed E-state index contributed by atoms with van der Waals surface area (Å²) < 4.78 is 5.60. The zero-order valence-corrected chi connectivity index (χ0v) is 12.7. The Balaban J connectivity index is 1.90. The van der Waals surface area contributed by atoms with Crippen molar-refractivity contribution in [3.05, 3.63) is 59.2 Å². The number of hydrogen-bond donors (Lipinski definition) is 1. The SMILES string of the molecule is CCCc1nc(CCOCc2ccccc2)ncc1C(=O)O. The number of aromatic carboxylic acids is 1. The maximum atomic E-state index is 11.1. The van der Waals surface area contributed by atoms with Crippen LogP contribution in [0.15, 0.2) is 36.5 Å². The Morgan fingerprint density at radius 2 is 2.00 bits per heavy atom. The number of rotatable bonds is 8. The summed E-state index contributed by atoms with van der Waals surface area (Å²) in [6, 6.07) is 9.94. The zero-order valence-electron chi connectivity index (χ0n) is 12.7. The molecule has 2 rings (SSSR count). The lowest BCUT2D eigenvalue weighted by molar-refractivity contribution is 0.0694. The van der Waals surface area contributed by atoms with Crippen molar-refractivity contribution in [3.8, 4) is 0 Å². The minimum Gasteiger partial charge on any atom is -0.478 e. The fraction of sp³-hybridized carbons (Fsp3) is 0.353. The van der Waals surface area contributed by atoms with E-state index in [2.05, 4.69) is 9.97 Å². The first-order valence-corrected chi connectivity index (χ1v) is 7.40. The highest BCUT2D eigenvalue weighted by atomic mass is 16.5. The molecule has 5 nitrogen and oxygen atoms in total. The van der Waals surface area contributed by atoms with Crippen LogP contribution in [0.2, 0.25) is 0 Å². The van der Waals surface area contributed by atoms with E-state index in [0.29, 0.717) is 37.6 Å². The third-order valence-corrected chi connectivity index (χ3v) is 3.22. The molecule has 1 N–H and O–H groups in total. The molecule has 0 spiro atoms. The van der Waals surface area contributed by atoms with Gasteiger partial charge >= 0.3 is 5.97 Å². The van der Waals surface area contributed by atoms with Crippen molar-refractivity contribution in [3.63, 3.8) is 0 Å². The van der Waals surface area contributed by atoms with Crippen LogP contribution in [0, 0.1) is 0 Å². The Hall–Kier alpha value is -2.27. The van der Waals surface area contributed by atoms with Gasteiger partial charge < -0.3 is 9.84 Å². The van der Waals surface area contributed by atoms with Crippen molar-refractivity contribution in [2.24, 2.45) is 0 Å². The second-order valence-corrected chi connectivity index (χ2v) is 4.99. The lowest BCUT2D eigenvalue weighted by Gasteiger charge is -2.07. The number of carboxylic acid groups (broad SMARTS) is 1. The Morgan fingerprint density at radius 1 is 1.23 bits per heavy atom. The van der Waals surface area contributed by atoms with Gasteiger partial charge in [-0.25, -0.2) is 14.8 Å². The van der Waals surface area contributed by atoms with Crippen LogP contribution in [0.25, 0.3) is 0 Å². The molecule has 0 radical (unpaired) electrons. The van der Waals surface area contributed by atoms with Crippen molar-refractivity contribution >= 4 is 5.97 Å². The van der Waals surface area contributed by atoms with Crippen molar-refractivity contribution in [1.29, 1.82) is 0 Å². The predicted octanol–water partition coefficient (Wildman–Crippen LogP) is 2.89. The summed E-state index contributed by atoms with van der Waals surface area (Å²) >= 11 is 0. The van der Waals surface area contributed by atoms with E-state index in [-0.39, 0.29) is 5.56 Å². The molecule has 5 heteroatoms. The van der Waals surface area contributed by atoms with Gasteiger partial charge in [0.2, 0.25) is 0 Å². The van der Waals surface area contributed by atoms with Crippen LogP contribution in [0.5, 0.6) is 0 Å². The topological polar surface area (TPSA) is 72.3 Å². The van der Waals surface area contributed by atoms with Crippen molar-refractivity contribution in [2.75, 3.05) is 6.61 Å². The van der Waals surface area contributed by atoms with Crippen LogP contribution in [0.4, 0.5) is 0 Å². The summed E-state index contributed by atoms with van der Waals surface area (Å²) in [7, 11) is 0. The summed E-state index contributed by atoms with van der Waals surface area (Å²) in [6.45, 7) is 3.05. The van der Waals surface area contributed by atoms with Gasteiger partial charge in [-0.3, -0.25) is 0 Å². The number of carbonyl (C=O) groups is 1. The van der Waals surface area contributed by atoms with Gasteiger partial charge in [0.1, 0.15) is 5.82 Å². The van der Waals surface area contributed by atoms with E-state index in [1.54, 1.807) is 0 Å². The van der Waals surface area contributed by atoms with E-state index >= 15 is 0 Å². The first-order valence-electron chi connectivity index (χ1n) is 7.40. The molecule has 22 heavy (non-hydrogen) atoms. The molecule has 0 saturated carbocycles. The molecule has 0 aliphatic heterocycles. The fourth-order valence-corrected chi connectivity index (χ4v) is 2.11. The summed E-state index contributed by atoms with van der Waals surface area (Å²) in [5.74, 6) is -0.350. The third kappa shape index (κ3) is 4.63. The predicted molar refractivity (Wildman–Crippen MR) is 82.8 cm³/mol. The Bertz CT molecular complexity index is 615. The molecule has 0 saturated heterocycles.